The zero-order valence-corrected chi connectivity index (χ0v) is 9.05. The lowest BCUT2D eigenvalue weighted by Crippen LogP contribution is -2.04. The molecule has 0 unspecified atom stereocenters. The Bertz CT molecular complexity index is 516. The molecule has 1 aromatic carbocycles. The van der Waals surface area contributed by atoms with Gasteiger partial charge in [0.2, 0.25) is 0 Å². The van der Waals surface area contributed by atoms with Crippen molar-refractivity contribution in [3.63, 3.8) is 0 Å². The summed E-state index contributed by atoms with van der Waals surface area (Å²) in [7, 11) is 0. The molecule has 2 aromatic rings. The summed E-state index contributed by atoms with van der Waals surface area (Å²) in [5.41, 5.74) is -0.0513. The van der Waals surface area contributed by atoms with Crippen LogP contribution in [0.25, 0.3) is 0 Å². The molecule has 2 rings (SSSR count). The second-order valence-electron chi connectivity index (χ2n) is 3.64. The van der Waals surface area contributed by atoms with Crippen LogP contribution in [-0.4, -0.2) is 10.2 Å². The molecule has 1 heterocycles. The van der Waals surface area contributed by atoms with E-state index in [1.807, 2.05) is 0 Å². The topological polar surface area (TPSA) is 40.7 Å². The lowest BCUT2D eigenvalue weighted by Gasteiger charge is -2.03. The van der Waals surface area contributed by atoms with E-state index in [2.05, 4.69) is 15.5 Å². The lowest BCUT2D eigenvalue weighted by atomic mass is 10.3. The Hall–Kier alpha value is -2.05. The highest BCUT2D eigenvalue weighted by Gasteiger charge is 2.33. The molecule has 0 spiro atoms. The molecule has 0 aliphatic heterocycles. The highest BCUT2D eigenvalue weighted by molar-refractivity contribution is 5.43. The van der Waals surface area contributed by atoms with Gasteiger partial charge in [-0.25, -0.2) is 4.39 Å². The number of halogens is 4. The maximum absolute atomic E-state index is 12.6. The van der Waals surface area contributed by atoms with Gasteiger partial charge in [0.1, 0.15) is 5.82 Å². The predicted molar refractivity (Wildman–Crippen MR) is 57.3 cm³/mol. The summed E-state index contributed by atoms with van der Waals surface area (Å²) in [5.74, 6) is -0.374. The fourth-order valence-corrected chi connectivity index (χ4v) is 1.36. The number of hydrogen-bond acceptors (Lipinski definition) is 2. The summed E-state index contributed by atoms with van der Waals surface area (Å²) < 4.78 is 49.4. The molecule has 0 fully saturated rings. The highest BCUT2D eigenvalue weighted by atomic mass is 19.4. The predicted octanol–water partition coefficient (Wildman–Crippen LogP) is 3.18. The maximum Gasteiger partial charge on any atom is 0.435 e. The number of aromatic amines is 1. The number of nitrogens with zero attached hydrogens (tertiary/aromatic N) is 1. The fourth-order valence-electron chi connectivity index (χ4n) is 1.36. The third-order valence-corrected chi connectivity index (χ3v) is 2.25. The van der Waals surface area contributed by atoms with E-state index in [0.29, 0.717) is 11.4 Å². The standard InChI is InChI=1S/C11H9F4N3/c12-7-1-3-8(4-2-7)16-6-9-5-10(18-17-9)11(13,14)15/h1-5,16H,6H2,(H,17,18). The first kappa shape index (κ1) is 12.4. The van der Waals surface area contributed by atoms with Crippen LogP contribution in [0, 0.1) is 5.82 Å². The summed E-state index contributed by atoms with van der Waals surface area (Å²) in [6, 6.07) is 6.44. The van der Waals surface area contributed by atoms with Gasteiger partial charge >= 0.3 is 6.18 Å². The molecule has 7 heteroatoms. The molecule has 0 radical (unpaired) electrons. The number of alkyl halides is 3. The molecule has 0 aliphatic carbocycles. The smallest absolute Gasteiger partial charge is 0.379 e. The van der Waals surface area contributed by atoms with Crippen LogP contribution in [0.4, 0.5) is 23.2 Å². The van der Waals surface area contributed by atoms with Crippen LogP contribution in [0.2, 0.25) is 0 Å². The first-order chi connectivity index (χ1) is 8.45. The Morgan fingerprint density at radius 2 is 1.83 bits per heavy atom. The zero-order valence-electron chi connectivity index (χ0n) is 9.05. The summed E-state index contributed by atoms with van der Waals surface area (Å²) in [6.07, 6.45) is -4.45. The van der Waals surface area contributed by atoms with E-state index < -0.39 is 11.9 Å². The van der Waals surface area contributed by atoms with Crippen molar-refractivity contribution in [2.75, 3.05) is 5.32 Å². The molecule has 3 nitrogen and oxygen atoms in total. The first-order valence-corrected chi connectivity index (χ1v) is 5.06. The molecule has 2 N–H and O–H groups in total. The number of anilines is 1. The molecule has 0 atom stereocenters. The second-order valence-corrected chi connectivity index (χ2v) is 3.64. The molecule has 0 bridgehead atoms. The van der Waals surface area contributed by atoms with Gasteiger partial charge in [0, 0.05) is 5.69 Å². The Morgan fingerprint density at radius 1 is 1.17 bits per heavy atom. The van der Waals surface area contributed by atoms with E-state index >= 15 is 0 Å². The summed E-state index contributed by atoms with van der Waals surface area (Å²) in [5, 5.41) is 8.30. The van der Waals surface area contributed by atoms with E-state index in [1.165, 1.54) is 24.3 Å². The molecular weight excluding hydrogens is 250 g/mol. The van der Waals surface area contributed by atoms with Crippen LogP contribution in [0.5, 0.6) is 0 Å². The summed E-state index contributed by atoms with van der Waals surface area (Å²) in [4.78, 5) is 0. The Morgan fingerprint density at radius 3 is 2.39 bits per heavy atom. The Balaban J connectivity index is 1.98. The van der Waals surface area contributed by atoms with Crippen molar-refractivity contribution in [1.82, 2.24) is 10.2 Å². The van der Waals surface area contributed by atoms with E-state index in [4.69, 9.17) is 0 Å². The molecule has 0 saturated heterocycles. The van der Waals surface area contributed by atoms with E-state index in [0.717, 1.165) is 6.07 Å². The molecule has 96 valence electrons. The average molecular weight is 259 g/mol. The highest BCUT2D eigenvalue weighted by Crippen LogP contribution is 2.27. The van der Waals surface area contributed by atoms with E-state index in [1.54, 1.807) is 0 Å². The normalized spacial score (nSPS) is 11.6. The number of H-pyrrole nitrogens is 1. The zero-order chi connectivity index (χ0) is 13.2. The van der Waals surface area contributed by atoms with Gasteiger partial charge in [-0.15, -0.1) is 0 Å². The second kappa shape index (κ2) is 4.67. The van der Waals surface area contributed by atoms with Crippen molar-refractivity contribution < 1.29 is 17.6 Å². The third kappa shape index (κ3) is 2.99. The molecule has 1 aromatic heterocycles. The fraction of sp³-hybridized carbons (Fsp3) is 0.182. The molecular formula is C11H9F4N3. The number of nitrogens with one attached hydrogen (secondary N) is 2. The number of benzene rings is 1. The number of hydrogen-bond donors (Lipinski definition) is 2. The SMILES string of the molecule is Fc1ccc(NCc2cc(C(F)(F)F)n[nH]2)cc1. The van der Waals surface area contributed by atoms with Gasteiger partial charge in [-0.2, -0.15) is 18.3 Å². The van der Waals surface area contributed by atoms with Gasteiger partial charge in [-0.1, -0.05) is 0 Å². The summed E-state index contributed by atoms with van der Waals surface area (Å²) in [6.45, 7) is 0.148. The van der Waals surface area contributed by atoms with Crippen molar-refractivity contribution in [2.24, 2.45) is 0 Å². The minimum atomic E-state index is -4.45. The van der Waals surface area contributed by atoms with Crippen molar-refractivity contribution in [3.05, 3.63) is 47.5 Å². The minimum absolute atomic E-state index is 0.148. The number of aromatic nitrogens is 2. The molecule has 0 amide bonds. The van der Waals surface area contributed by atoms with E-state index in [-0.39, 0.29) is 12.4 Å². The molecule has 0 aliphatic rings. The van der Waals surface area contributed by atoms with Crippen LogP contribution in [0.1, 0.15) is 11.4 Å². The summed E-state index contributed by atoms with van der Waals surface area (Å²) >= 11 is 0. The molecule has 18 heavy (non-hydrogen) atoms. The maximum atomic E-state index is 12.6. The van der Waals surface area contributed by atoms with Gasteiger partial charge in [-0.05, 0) is 30.3 Å². The van der Waals surface area contributed by atoms with Crippen LogP contribution in [-0.2, 0) is 12.7 Å². The van der Waals surface area contributed by atoms with Gasteiger partial charge in [0.25, 0.3) is 0 Å². The largest absolute Gasteiger partial charge is 0.435 e. The van der Waals surface area contributed by atoms with Crippen LogP contribution in [0.3, 0.4) is 0 Å². The minimum Gasteiger partial charge on any atom is -0.379 e. The van der Waals surface area contributed by atoms with Crippen molar-refractivity contribution in [2.45, 2.75) is 12.7 Å². The van der Waals surface area contributed by atoms with Crippen LogP contribution < -0.4 is 5.32 Å². The van der Waals surface area contributed by atoms with Gasteiger partial charge < -0.3 is 5.32 Å². The average Bonchev–Trinajstić information content (AvgIpc) is 2.77. The first-order valence-electron chi connectivity index (χ1n) is 5.06. The number of rotatable bonds is 3. The lowest BCUT2D eigenvalue weighted by molar-refractivity contribution is -0.141. The molecule has 0 saturated carbocycles. The van der Waals surface area contributed by atoms with Crippen molar-refractivity contribution in [3.8, 4) is 0 Å². The van der Waals surface area contributed by atoms with Crippen LogP contribution >= 0.6 is 0 Å². The van der Waals surface area contributed by atoms with Crippen LogP contribution in [0.15, 0.2) is 30.3 Å². The van der Waals surface area contributed by atoms with Gasteiger partial charge in [-0.3, -0.25) is 5.10 Å². The Kier molecular flexibility index (Phi) is 3.22. The quantitative estimate of drug-likeness (QED) is 0.831. The van der Waals surface area contributed by atoms with E-state index in [9.17, 15) is 17.6 Å². The van der Waals surface area contributed by atoms with Gasteiger partial charge in [0.15, 0.2) is 5.69 Å². The van der Waals surface area contributed by atoms with Gasteiger partial charge in [0.05, 0.1) is 12.2 Å². The Labute approximate surface area is 99.8 Å². The monoisotopic (exact) mass is 259 g/mol. The van der Waals surface area contributed by atoms with Crippen molar-refractivity contribution >= 4 is 5.69 Å². The third-order valence-electron chi connectivity index (χ3n) is 2.25. The van der Waals surface area contributed by atoms with Crippen molar-refractivity contribution in [1.29, 1.82) is 0 Å².